The fourth-order valence-electron chi connectivity index (χ4n) is 4.40. The summed E-state index contributed by atoms with van der Waals surface area (Å²) in [6.07, 6.45) is 2.96. The number of aromatic nitrogens is 3. The molecule has 10 heteroatoms. The molecule has 5 rings (SSSR count). The number of urea groups is 1. The zero-order chi connectivity index (χ0) is 21.7. The second-order valence-corrected chi connectivity index (χ2v) is 7.61. The number of H-pyrrole nitrogens is 1. The maximum absolute atomic E-state index is 14.7. The van der Waals surface area contributed by atoms with Crippen LogP contribution in [0.2, 0.25) is 0 Å². The van der Waals surface area contributed by atoms with Crippen LogP contribution in [-0.4, -0.2) is 32.2 Å². The summed E-state index contributed by atoms with van der Waals surface area (Å²) in [6, 6.07) is 4.59. The van der Waals surface area contributed by atoms with E-state index in [9.17, 15) is 22.8 Å². The van der Waals surface area contributed by atoms with Crippen molar-refractivity contribution in [3.63, 3.8) is 0 Å². The Bertz CT molecular complexity index is 1240. The molecule has 2 aliphatic heterocycles. The second-order valence-electron chi connectivity index (χ2n) is 7.61. The van der Waals surface area contributed by atoms with Crippen molar-refractivity contribution in [3.8, 4) is 11.1 Å². The van der Waals surface area contributed by atoms with Crippen molar-refractivity contribution in [2.45, 2.75) is 31.3 Å². The van der Waals surface area contributed by atoms with E-state index in [0.29, 0.717) is 18.5 Å². The van der Waals surface area contributed by atoms with E-state index in [1.165, 1.54) is 12.1 Å². The van der Waals surface area contributed by atoms with Crippen molar-refractivity contribution in [2.24, 2.45) is 0 Å². The van der Waals surface area contributed by atoms with E-state index in [2.05, 4.69) is 20.5 Å². The highest BCUT2D eigenvalue weighted by atomic mass is 19.1. The molecule has 0 saturated carbocycles. The minimum Gasteiger partial charge on any atom is -0.313 e. The van der Waals surface area contributed by atoms with Crippen LogP contribution in [0.1, 0.15) is 30.1 Å². The molecule has 2 amide bonds. The van der Waals surface area contributed by atoms with Gasteiger partial charge in [0.15, 0.2) is 0 Å². The maximum atomic E-state index is 14.7. The molecule has 0 spiro atoms. The first-order chi connectivity index (χ1) is 14.9. The number of anilines is 1. The lowest BCUT2D eigenvalue weighted by Crippen LogP contribution is -2.45. The van der Waals surface area contributed by atoms with Gasteiger partial charge in [-0.1, -0.05) is 0 Å². The zero-order valence-electron chi connectivity index (χ0n) is 16.0. The van der Waals surface area contributed by atoms with E-state index >= 15 is 0 Å². The number of benzene rings is 1. The number of fused-ring (bicyclic) bond motifs is 4. The Balaban J connectivity index is 1.41. The molecule has 2 aromatic heterocycles. The summed E-state index contributed by atoms with van der Waals surface area (Å²) < 4.78 is 42.3. The van der Waals surface area contributed by atoms with E-state index in [1.807, 2.05) is 0 Å². The third-order valence-electron chi connectivity index (χ3n) is 5.77. The Morgan fingerprint density at radius 2 is 1.97 bits per heavy atom. The normalized spacial score (nSPS) is 19.3. The summed E-state index contributed by atoms with van der Waals surface area (Å²) in [6.45, 7) is 0. The van der Waals surface area contributed by atoms with Crippen molar-refractivity contribution < 1.29 is 18.0 Å². The number of nitrogens with zero attached hydrogens (tertiary/aromatic N) is 3. The lowest BCUT2D eigenvalue weighted by molar-refractivity contribution is 0.177. The molecular formula is C21H16F3N5O2. The average Bonchev–Trinajstić information content (AvgIpc) is 3.06. The fraction of sp³-hybridized carbons (Fsp3) is 0.238. The largest absolute Gasteiger partial charge is 0.322 e. The number of pyridine rings is 1. The predicted octanol–water partition coefficient (Wildman–Crippen LogP) is 3.54. The van der Waals surface area contributed by atoms with Gasteiger partial charge in [0.1, 0.15) is 11.6 Å². The highest BCUT2D eigenvalue weighted by molar-refractivity contribution is 5.91. The fourth-order valence-corrected chi connectivity index (χ4v) is 4.40. The van der Waals surface area contributed by atoms with Gasteiger partial charge in [0, 0.05) is 35.5 Å². The number of amides is 2. The molecule has 0 aliphatic carbocycles. The van der Waals surface area contributed by atoms with Gasteiger partial charge in [-0.2, -0.15) is 9.49 Å². The number of hydrogen-bond acceptors (Lipinski definition) is 4. The Hall–Kier alpha value is -3.69. The van der Waals surface area contributed by atoms with Crippen molar-refractivity contribution in [2.75, 3.05) is 5.32 Å². The van der Waals surface area contributed by atoms with Gasteiger partial charge >= 0.3 is 6.03 Å². The Morgan fingerprint density at radius 1 is 1.13 bits per heavy atom. The number of rotatable bonds is 2. The number of nitrogens with one attached hydrogen (secondary N) is 2. The van der Waals surface area contributed by atoms with Crippen LogP contribution in [0.25, 0.3) is 11.1 Å². The number of carbonyl (C=O) groups is 1. The molecule has 2 N–H and O–H groups in total. The standard InChI is InChI=1S/C21H16F3N5O2/c22-14-8-16(15(23)7-13(14)10-1-4-18(24)25-9-10)26-21(31)29-12-2-3-17(29)20-11(5-12)6-19(30)27-28-20/h1,4,6-9,12,17H,2-3,5H2,(H,26,31)(H,27,30)/t12-,17+/m0/s1. The lowest BCUT2D eigenvalue weighted by atomic mass is 9.99. The first-order valence-corrected chi connectivity index (χ1v) is 9.69. The number of aromatic amines is 1. The molecule has 7 nitrogen and oxygen atoms in total. The SMILES string of the molecule is O=C(Nc1cc(F)c(-c2ccc(F)nc2)cc1F)N1[C@H]2CC[C@@H]1c1n[nH]c(=O)cc1C2. The minimum absolute atomic E-state index is 0.0943. The van der Waals surface area contributed by atoms with Crippen LogP contribution in [0.4, 0.5) is 23.7 Å². The second kappa shape index (κ2) is 7.22. The zero-order valence-corrected chi connectivity index (χ0v) is 16.0. The van der Waals surface area contributed by atoms with E-state index in [-0.39, 0.29) is 34.5 Å². The van der Waals surface area contributed by atoms with Crippen molar-refractivity contribution in [3.05, 3.63) is 75.7 Å². The molecule has 0 unspecified atom stereocenters. The first kappa shape index (κ1) is 19.3. The van der Waals surface area contributed by atoms with Gasteiger partial charge in [-0.3, -0.25) is 4.79 Å². The van der Waals surface area contributed by atoms with E-state index in [0.717, 1.165) is 36.4 Å². The van der Waals surface area contributed by atoms with Crippen LogP contribution in [0, 0.1) is 17.6 Å². The molecule has 1 fully saturated rings. The first-order valence-electron chi connectivity index (χ1n) is 9.69. The average molecular weight is 427 g/mol. The molecule has 31 heavy (non-hydrogen) atoms. The third-order valence-corrected chi connectivity index (χ3v) is 5.77. The number of hydrogen-bond donors (Lipinski definition) is 2. The van der Waals surface area contributed by atoms with Crippen molar-refractivity contribution in [1.29, 1.82) is 0 Å². The molecule has 0 radical (unpaired) electrons. The van der Waals surface area contributed by atoms with Gasteiger partial charge in [-0.05, 0) is 43.0 Å². The van der Waals surface area contributed by atoms with E-state index < -0.39 is 23.6 Å². The van der Waals surface area contributed by atoms with Crippen LogP contribution in [0.3, 0.4) is 0 Å². The van der Waals surface area contributed by atoms with Gasteiger partial charge in [-0.25, -0.2) is 23.7 Å². The summed E-state index contributed by atoms with van der Waals surface area (Å²) in [5, 5.41) is 8.93. The monoisotopic (exact) mass is 427 g/mol. The molecule has 2 bridgehead atoms. The van der Waals surface area contributed by atoms with Crippen LogP contribution in [0.5, 0.6) is 0 Å². The van der Waals surface area contributed by atoms with E-state index in [4.69, 9.17) is 0 Å². The van der Waals surface area contributed by atoms with Crippen LogP contribution in [-0.2, 0) is 6.42 Å². The Morgan fingerprint density at radius 3 is 2.74 bits per heavy atom. The van der Waals surface area contributed by atoms with Gasteiger partial charge in [0.25, 0.3) is 5.56 Å². The molecule has 3 aromatic rings. The highest BCUT2D eigenvalue weighted by Gasteiger charge is 2.44. The molecule has 158 valence electrons. The summed E-state index contributed by atoms with van der Waals surface area (Å²) >= 11 is 0. The van der Waals surface area contributed by atoms with Crippen LogP contribution >= 0.6 is 0 Å². The molecule has 1 aromatic carbocycles. The summed E-state index contributed by atoms with van der Waals surface area (Å²) in [5.74, 6) is -2.34. The Kier molecular flexibility index (Phi) is 4.49. The maximum Gasteiger partial charge on any atom is 0.322 e. The smallest absolute Gasteiger partial charge is 0.313 e. The predicted molar refractivity (Wildman–Crippen MR) is 105 cm³/mol. The van der Waals surface area contributed by atoms with Crippen molar-refractivity contribution >= 4 is 11.7 Å². The lowest BCUT2D eigenvalue weighted by Gasteiger charge is -2.35. The van der Waals surface area contributed by atoms with Crippen molar-refractivity contribution in [1.82, 2.24) is 20.1 Å². The molecule has 4 heterocycles. The third kappa shape index (κ3) is 3.33. The molecular weight excluding hydrogens is 411 g/mol. The van der Waals surface area contributed by atoms with E-state index in [1.54, 1.807) is 4.90 Å². The van der Waals surface area contributed by atoms with Gasteiger partial charge < -0.3 is 10.2 Å². The highest BCUT2D eigenvalue weighted by Crippen LogP contribution is 2.42. The number of halogens is 3. The topological polar surface area (TPSA) is 91.0 Å². The van der Waals surface area contributed by atoms with Crippen LogP contribution < -0.4 is 10.9 Å². The molecule has 2 aliphatic rings. The quantitative estimate of drug-likeness (QED) is 0.612. The molecule has 2 atom stereocenters. The van der Waals surface area contributed by atoms with Crippen LogP contribution in [0.15, 0.2) is 41.3 Å². The van der Waals surface area contributed by atoms with Gasteiger partial charge in [0.05, 0.1) is 17.4 Å². The summed E-state index contributed by atoms with van der Waals surface area (Å²) in [7, 11) is 0. The number of carbonyl (C=O) groups excluding carboxylic acids is 1. The Labute approximate surface area is 173 Å². The molecule has 1 saturated heterocycles. The van der Waals surface area contributed by atoms with Gasteiger partial charge in [-0.15, -0.1) is 0 Å². The van der Waals surface area contributed by atoms with Gasteiger partial charge in [0.2, 0.25) is 5.95 Å². The summed E-state index contributed by atoms with van der Waals surface area (Å²) in [5.41, 5.74) is 0.930. The minimum atomic E-state index is -0.832. The summed E-state index contributed by atoms with van der Waals surface area (Å²) in [4.78, 5) is 29.5.